The van der Waals surface area contributed by atoms with Crippen molar-refractivity contribution < 1.29 is 9.53 Å². The summed E-state index contributed by atoms with van der Waals surface area (Å²) in [6.45, 7) is 4.69. The summed E-state index contributed by atoms with van der Waals surface area (Å²) < 4.78 is 7.73. The molecule has 6 rings (SSSR count). The van der Waals surface area contributed by atoms with Crippen molar-refractivity contribution in [3.8, 4) is 11.4 Å². The van der Waals surface area contributed by atoms with Crippen molar-refractivity contribution in [2.24, 2.45) is 0 Å². The van der Waals surface area contributed by atoms with Gasteiger partial charge in [-0.05, 0) is 73.4 Å². The number of carbonyl (C=O) groups excluding carboxylic acids is 1. The third kappa shape index (κ3) is 5.21. The largest absolute Gasteiger partial charge is 0.497 e. The molecular formula is C34H33N5O2S. The number of aromatic nitrogens is 2. The van der Waals surface area contributed by atoms with Crippen LogP contribution in [0.4, 0.5) is 5.69 Å². The zero-order valence-electron chi connectivity index (χ0n) is 23.9. The maximum atomic E-state index is 13.3. The number of ether oxygens (including phenoxy) is 1. The zero-order chi connectivity index (χ0) is 29.2. The summed E-state index contributed by atoms with van der Waals surface area (Å²) in [5, 5.41) is 9.35. The van der Waals surface area contributed by atoms with Crippen LogP contribution in [0.2, 0.25) is 0 Å². The number of anilines is 1. The standard InChI is InChI=1S/C34H33N5O2S/c1-22-20-28(23(2)39(22)25-12-9-13-26(21-25)41-3)33-32(30-15-6-7-18-35-30)37-34(42)38(33)19-17-31(40)36-29-16-8-11-24-10-4-5-14-27(24)29/h4-16,18,20-21,32-33H,17,19H2,1-3H3,(H,36,40)(H,37,42)/t32-,33-/m1/s1. The van der Waals surface area contributed by atoms with E-state index in [0.29, 0.717) is 11.7 Å². The molecular weight excluding hydrogens is 542 g/mol. The number of pyridine rings is 1. The number of hydrogen-bond acceptors (Lipinski definition) is 4. The Bertz CT molecular complexity index is 1760. The third-order valence-corrected chi connectivity index (χ3v) is 8.29. The Hall–Kier alpha value is -4.69. The highest BCUT2D eigenvalue weighted by Crippen LogP contribution is 2.41. The maximum Gasteiger partial charge on any atom is 0.226 e. The smallest absolute Gasteiger partial charge is 0.226 e. The minimum atomic E-state index is -0.168. The lowest BCUT2D eigenvalue weighted by Crippen LogP contribution is -2.33. The van der Waals surface area contributed by atoms with E-state index in [-0.39, 0.29) is 24.4 Å². The first-order chi connectivity index (χ1) is 20.4. The van der Waals surface area contributed by atoms with Gasteiger partial charge >= 0.3 is 0 Å². The van der Waals surface area contributed by atoms with Gasteiger partial charge < -0.3 is 24.8 Å². The van der Waals surface area contributed by atoms with Crippen LogP contribution in [0.5, 0.6) is 5.75 Å². The van der Waals surface area contributed by atoms with Gasteiger partial charge in [0.1, 0.15) is 5.75 Å². The molecule has 2 atom stereocenters. The summed E-state index contributed by atoms with van der Waals surface area (Å²) in [6.07, 6.45) is 2.09. The molecule has 1 amide bonds. The van der Waals surface area contributed by atoms with Crippen LogP contribution >= 0.6 is 12.2 Å². The van der Waals surface area contributed by atoms with E-state index in [1.54, 1.807) is 13.3 Å². The molecule has 5 aromatic rings. The number of carbonyl (C=O) groups is 1. The second-order valence-electron chi connectivity index (χ2n) is 10.5. The molecule has 0 bridgehead atoms. The minimum Gasteiger partial charge on any atom is -0.497 e. The number of hydrogen-bond donors (Lipinski definition) is 2. The second-order valence-corrected chi connectivity index (χ2v) is 10.9. The maximum absolute atomic E-state index is 13.3. The third-order valence-electron chi connectivity index (χ3n) is 7.94. The first-order valence-electron chi connectivity index (χ1n) is 14.0. The van der Waals surface area contributed by atoms with Crippen molar-refractivity contribution in [1.29, 1.82) is 0 Å². The van der Waals surface area contributed by atoms with Gasteiger partial charge in [0.15, 0.2) is 5.11 Å². The Balaban J connectivity index is 1.31. The minimum absolute atomic E-state index is 0.0592. The van der Waals surface area contributed by atoms with Crippen molar-refractivity contribution in [1.82, 2.24) is 19.8 Å². The Morgan fingerprint density at radius 1 is 1.00 bits per heavy atom. The number of amides is 1. The van der Waals surface area contributed by atoms with E-state index >= 15 is 0 Å². The number of nitrogens with one attached hydrogen (secondary N) is 2. The first-order valence-corrected chi connectivity index (χ1v) is 14.4. The number of thiocarbonyl (C=S) groups is 1. The summed E-state index contributed by atoms with van der Waals surface area (Å²) in [5.74, 6) is 0.742. The Kier molecular flexibility index (Phi) is 7.63. The van der Waals surface area contributed by atoms with Gasteiger partial charge in [-0.25, -0.2) is 0 Å². The number of fused-ring (bicyclic) bond motifs is 1. The van der Waals surface area contributed by atoms with Crippen LogP contribution in [0.15, 0.2) is 97.2 Å². The van der Waals surface area contributed by atoms with Crippen molar-refractivity contribution in [3.63, 3.8) is 0 Å². The lowest BCUT2D eigenvalue weighted by atomic mass is 9.96. The summed E-state index contributed by atoms with van der Waals surface area (Å²) in [6, 6.07) is 29.9. The molecule has 1 aliphatic heterocycles. The molecule has 2 aromatic heterocycles. The highest BCUT2D eigenvalue weighted by atomic mass is 32.1. The summed E-state index contributed by atoms with van der Waals surface area (Å²) >= 11 is 5.88. The van der Waals surface area contributed by atoms with E-state index in [2.05, 4.69) is 51.1 Å². The molecule has 2 N–H and O–H groups in total. The number of benzene rings is 3. The van der Waals surface area contributed by atoms with Gasteiger partial charge in [-0.1, -0.05) is 48.5 Å². The zero-order valence-corrected chi connectivity index (χ0v) is 24.7. The van der Waals surface area contributed by atoms with Crippen LogP contribution in [0.25, 0.3) is 16.5 Å². The molecule has 1 aliphatic rings. The van der Waals surface area contributed by atoms with Crippen LogP contribution in [0.3, 0.4) is 0 Å². The lowest BCUT2D eigenvalue weighted by molar-refractivity contribution is -0.116. The van der Waals surface area contributed by atoms with Crippen LogP contribution < -0.4 is 15.4 Å². The van der Waals surface area contributed by atoms with E-state index in [4.69, 9.17) is 17.0 Å². The van der Waals surface area contributed by atoms with E-state index in [0.717, 1.165) is 50.5 Å². The molecule has 0 radical (unpaired) electrons. The van der Waals surface area contributed by atoms with Crippen molar-refractivity contribution in [2.45, 2.75) is 32.4 Å². The van der Waals surface area contributed by atoms with Crippen LogP contribution in [-0.4, -0.2) is 39.1 Å². The molecule has 0 saturated carbocycles. The van der Waals surface area contributed by atoms with Crippen molar-refractivity contribution in [3.05, 3.63) is 120 Å². The highest BCUT2D eigenvalue weighted by molar-refractivity contribution is 7.80. The Morgan fingerprint density at radius 2 is 1.79 bits per heavy atom. The van der Waals surface area contributed by atoms with E-state index in [9.17, 15) is 4.79 Å². The van der Waals surface area contributed by atoms with Crippen LogP contribution in [-0.2, 0) is 4.79 Å². The molecule has 42 heavy (non-hydrogen) atoms. The lowest BCUT2D eigenvalue weighted by Gasteiger charge is -2.28. The van der Waals surface area contributed by atoms with Crippen molar-refractivity contribution in [2.75, 3.05) is 19.0 Å². The molecule has 0 unspecified atom stereocenters. The molecule has 1 saturated heterocycles. The molecule has 3 aromatic carbocycles. The van der Waals surface area contributed by atoms with Gasteiger partial charge in [0.2, 0.25) is 5.91 Å². The van der Waals surface area contributed by atoms with Gasteiger partial charge in [-0.2, -0.15) is 0 Å². The number of aryl methyl sites for hydroxylation is 1. The number of nitrogens with zero attached hydrogens (tertiary/aromatic N) is 3. The fraction of sp³-hybridized carbons (Fsp3) is 0.206. The molecule has 212 valence electrons. The molecule has 3 heterocycles. The fourth-order valence-electron chi connectivity index (χ4n) is 5.99. The topological polar surface area (TPSA) is 71.4 Å². The predicted molar refractivity (Wildman–Crippen MR) is 171 cm³/mol. The fourth-order valence-corrected chi connectivity index (χ4v) is 6.32. The second kappa shape index (κ2) is 11.7. The number of methoxy groups -OCH3 is 1. The Labute approximate surface area is 251 Å². The quantitative estimate of drug-likeness (QED) is 0.202. The van der Waals surface area contributed by atoms with Crippen molar-refractivity contribution >= 4 is 39.7 Å². The van der Waals surface area contributed by atoms with Gasteiger partial charge in [0.05, 0.1) is 24.9 Å². The molecule has 1 fully saturated rings. The van der Waals surface area contributed by atoms with Gasteiger partial charge in [-0.15, -0.1) is 0 Å². The molecule has 7 nitrogen and oxygen atoms in total. The van der Waals surface area contributed by atoms with Crippen LogP contribution in [0, 0.1) is 13.8 Å². The first kappa shape index (κ1) is 27.5. The normalized spacial score (nSPS) is 16.5. The SMILES string of the molecule is COc1cccc(-n2c(C)cc([C@@H]3[C@@H](c4ccccn4)NC(=S)N3CCC(=O)Nc3cccc4ccccc34)c2C)c1. The van der Waals surface area contributed by atoms with Gasteiger partial charge in [-0.3, -0.25) is 9.78 Å². The van der Waals surface area contributed by atoms with Gasteiger partial charge in [0.25, 0.3) is 0 Å². The molecule has 8 heteroatoms. The highest BCUT2D eigenvalue weighted by Gasteiger charge is 2.41. The molecule has 0 spiro atoms. The van der Waals surface area contributed by atoms with Gasteiger partial charge in [0, 0.05) is 53.4 Å². The van der Waals surface area contributed by atoms with E-state index in [1.807, 2.05) is 78.9 Å². The summed E-state index contributed by atoms with van der Waals surface area (Å²) in [4.78, 5) is 20.1. The van der Waals surface area contributed by atoms with Crippen LogP contribution in [0.1, 0.15) is 41.1 Å². The average molecular weight is 576 g/mol. The predicted octanol–water partition coefficient (Wildman–Crippen LogP) is 6.65. The van der Waals surface area contributed by atoms with E-state index in [1.165, 1.54) is 0 Å². The number of rotatable bonds is 8. The summed E-state index contributed by atoms with van der Waals surface area (Å²) in [5.41, 5.74) is 6.07. The Morgan fingerprint density at radius 3 is 2.60 bits per heavy atom. The monoisotopic (exact) mass is 575 g/mol. The molecule has 0 aliphatic carbocycles. The van der Waals surface area contributed by atoms with E-state index < -0.39 is 0 Å². The summed E-state index contributed by atoms with van der Waals surface area (Å²) in [7, 11) is 1.68. The average Bonchev–Trinajstić information content (AvgIpc) is 3.50.